The number of nitrogens with one attached hydrogen (secondary N) is 1. The van der Waals surface area contributed by atoms with Crippen LogP contribution in [-0.4, -0.2) is 47.4 Å². The average molecular weight is 862 g/mol. The second-order valence-corrected chi connectivity index (χ2v) is 18.9. The molecule has 0 spiro atoms. The fourth-order valence-electron chi connectivity index (χ4n) is 8.58. The second kappa shape index (κ2) is 51.2. The van der Waals surface area contributed by atoms with E-state index in [2.05, 4.69) is 31.3 Å². The van der Waals surface area contributed by atoms with Crippen LogP contribution in [0.3, 0.4) is 0 Å². The molecule has 0 aliphatic carbocycles. The Hall–Kier alpha value is -1.40. The zero-order valence-corrected chi connectivity index (χ0v) is 41.2. The van der Waals surface area contributed by atoms with Gasteiger partial charge in [0.25, 0.3) is 0 Å². The summed E-state index contributed by atoms with van der Waals surface area (Å²) in [4.78, 5) is 24.5. The van der Waals surface area contributed by atoms with Crippen molar-refractivity contribution < 1.29 is 24.5 Å². The van der Waals surface area contributed by atoms with Crippen LogP contribution < -0.4 is 5.32 Å². The molecule has 0 saturated carbocycles. The minimum absolute atomic E-state index is 0.0183. The van der Waals surface area contributed by atoms with Crippen LogP contribution in [0.4, 0.5) is 0 Å². The van der Waals surface area contributed by atoms with E-state index >= 15 is 0 Å². The molecule has 0 aliphatic rings. The van der Waals surface area contributed by atoms with Gasteiger partial charge in [0.05, 0.1) is 25.4 Å². The molecular formula is C55H107NO5. The first-order valence-corrected chi connectivity index (χ1v) is 27.4. The minimum atomic E-state index is -0.679. The van der Waals surface area contributed by atoms with Gasteiger partial charge in [-0.2, -0.15) is 0 Å². The Balaban J connectivity index is 3.47. The van der Waals surface area contributed by atoms with Gasteiger partial charge in [0.2, 0.25) is 5.91 Å². The number of ether oxygens (including phenoxy) is 1. The summed E-state index contributed by atoms with van der Waals surface area (Å²) in [5.41, 5.74) is 0. The molecule has 0 aromatic carbocycles. The molecule has 6 heteroatoms. The molecule has 362 valence electrons. The predicted molar refractivity (Wildman–Crippen MR) is 264 cm³/mol. The summed E-state index contributed by atoms with van der Waals surface area (Å²) in [5, 5.41) is 23.2. The van der Waals surface area contributed by atoms with E-state index in [1.54, 1.807) is 0 Å². The Morgan fingerprint density at radius 2 is 0.770 bits per heavy atom. The SMILES string of the molecule is CCCCCCCCCCCCCCCCCCCC(=O)OCCCCC/C=C\CCCCCCCC(=O)NC(CO)C(O)CCCCCCCCCCCCCCCCC. The van der Waals surface area contributed by atoms with E-state index in [1.165, 1.54) is 193 Å². The number of hydrogen-bond donors (Lipinski definition) is 3. The Kier molecular flexibility index (Phi) is 50.1. The van der Waals surface area contributed by atoms with Crippen LogP contribution >= 0.6 is 0 Å². The van der Waals surface area contributed by atoms with E-state index in [0.29, 0.717) is 25.9 Å². The van der Waals surface area contributed by atoms with Gasteiger partial charge in [0.1, 0.15) is 0 Å². The van der Waals surface area contributed by atoms with Crippen LogP contribution in [0.15, 0.2) is 12.2 Å². The lowest BCUT2D eigenvalue weighted by molar-refractivity contribution is -0.143. The summed E-state index contributed by atoms with van der Waals surface area (Å²) in [5.74, 6) is -0.0772. The summed E-state index contributed by atoms with van der Waals surface area (Å²) < 4.78 is 5.46. The molecule has 1 amide bonds. The minimum Gasteiger partial charge on any atom is -0.466 e. The normalized spacial score (nSPS) is 12.7. The quantitative estimate of drug-likeness (QED) is 0.0322. The largest absolute Gasteiger partial charge is 0.466 e. The Bertz CT molecular complexity index is 909. The lowest BCUT2D eigenvalue weighted by atomic mass is 10.0. The van der Waals surface area contributed by atoms with Crippen molar-refractivity contribution in [3.05, 3.63) is 12.2 Å². The van der Waals surface area contributed by atoms with Crippen molar-refractivity contribution in [2.75, 3.05) is 13.2 Å². The van der Waals surface area contributed by atoms with Crippen molar-refractivity contribution in [2.45, 2.75) is 315 Å². The van der Waals surface area contributed by atoms with Gasteiger partial charge in [-0.3, -0.25) is 9.59 Å². The molecule has 2 atom stereocenters. The first-order valence-electron chi connectivity index (χ1n) is 27.4. The number of allylic oxidation sites excluding steroid dienone is 2. The van der Waals surface area contributed by atoms with Crippen LogP contribution in [0.1, 0.15) is 303 Å². The first-order chi connectivity index (χ1) is 30.0. The number of esters is 1. The maximum absolute atomic E-state index is 12.5. The van der Waals surface area contributed by atoms with Crippen LogP contribution in [0, 0.1) is 0 Å². The van der Waals surface area contributed by atoms with Gasteiger partial charge in [-0.1, -0.05) is 244 Å². The lowest BCUT2D eigenvalue weighted by Gasteiger charge is -2.22. The monoisotopic (exact) mass is 862 g/mol. The van der Waals surface area contributed by atoms with Crippen LogP contribution in [0.25, 0.3) is 0 Å². The number of unbranched alkanes of at least 4 members (excludes halogenated alkanes) is 38. The first kappa shape index (κ1) is 59.6. The van der Waals surface area contributed by atoms with Crippen LogP contribution in [0.2, 0.25) is 0 Å². The number of rotatable bonds is 51. The number of hydrogen-bond acceptors (Lipinski definition) is 5. The average Bonchev–Trinajstić information content (AvgIpc) is 3.26. The van der Waals surface area contributed by atoms with Crippen molar-refractivity contribution in [1.82, 2.24) is 5.32 Å². The molecule has 0 fully saturated rings. The molecule has 0 aromatic heterocycles. The fraction of sp³-hybridized carbons (Fsp3) is 0.927. The van der Waals surface area contributed by atoms with Gasteiger partial charge in [0, 0.05) is 12.8 Å². The summed E-state index contributed by atoms with van der Waals surface area (Å²) in [6.07, 6.45) is 59.0. The number of carbonyl (C=O) groups excluding carboxylic acids is 2. The molecule has 0 aliphatic heterocycles. The molecule has 61 heavy (non-hydrogen) atoms. The third-order valence-electron chi connectivity index (χ3n) is 12.8. The molecule has 6 nitrogen and oxygen atoms in total. The summed E-state index contributed by atoms with van der Waals surface area (Å²) >= 11 is 0. The van der Waals surface area contributed by atoms with Crippen molar-refractivity contribution in [3.8, 4) is 0 Å². The second-order valence-electron chi connectivity index (χ2n) is 18.9. The number of amides is 1. The Labute approximate surface area is 380 Å². The number of aliphatic hydroxyl groups excluding tert-OH is 2. The summed E-state index contributed by atoms with van der Waals surface area (Å²) in [6, 6.07) is -0.559. The Morgan fingerprint density at radius 3 is 1.16 bits per heavy atom. The van der Waals surface area contributed by atoms with E-state index in [4.69, 9.17) is 4.74 Å². The van der Waals surface area contributed by atoms with E-state index in [1.807, 2.05) is 0 Å². The third-order valence-corrected chi connectivity index (χ3v) is 12.8. The van der Waals surface area contributed by atoms with Crippen molar-refractivity contribution in [3.63, 3.8) is 0 Å². The van der Waals surface area contributed by atoms with E-state index in [0.717, 1.165) is 77.0 Å². The van der Waals surface area contributed by atoms with Crippen LogP contribution in [-0.2, 0) is 14.3 Å². The zero-order valence-electron chi connectivity index (χ0n) is 41.2. The van der Waals surface area contributed by atoms with E-state index in [-0.39, 0.29) is 18.5 Å². The highest BCUT2D eigenvalue weighted by atomic mass is 16.5. The highest BCUT2D eigenvalue weighted by Crippen LogP contribution is 2.17. The van der Waals surface area contributed by atoms with E-state index < -0.39 is 12.1 Å². The number of aliphatic hydroxyl groups is 2. The van der Waals surface area contributed by atoms with Gasteiger partial charge in [0.15, 0.2) is 0 Å². The van der Waals surface area contributed by atoms with Crippen molar-refractivity contribution >= 4 is 11.9 Å². The molecule has 2 unspecified atom stereocenters. The molecule has 0 rings (SSSR count). The highest BCUT2D eigenvalue weighted by molar-refractivity contribution is 5.76. The lowest BCUT2D eigenvalue weighted by Crippen LogP contribution is -2.45. The molecule has 3 N–H and O–H groups in total. The zero-order chi connectivity index (χ0) is 44.4. The molecule has 0 saturated heterocycles. The van der Waals surface area contributed by atoms with Crippen molar-refractivity contribution in [1.29, 1.82) is 0 Å². The smallest absolute Gasteiger partial charge is 0.305 e. The van der Waals surface area contributed by atoms with Gasteiger partial charge in [-0.05, 0) is 57.8 Å². The standard InChI is InChI=1S/C55H107NO5/c1-3-5-7-9-11-13-15-17-19-20-22-24-29-33-37-41-45-49-55(60)61-50-46-42-38-34-30-26-25-28-32-36-40-44-48-54(59)56-52(51-57)53(58)47-43-39-35-31-27-23-21-18-16-14-12-10-8-6-4-2/h26,30,52-53,57-58H,3-25,27-29,31-51H2,1-2H3,(H,56,59)/b30-26-. The molecule has 0 bridgehead atoms. The maximum Gasteiger partial charge on any atom is 0.305 e. The summed E-state index contributed by atoms with van der Waals surface area (Å²) in [6.45, 7) is 4.91. The third kappa shape index (κ3) is 47.9. The molecule has 0 heterocycles. The van der Waals surface area contributed by atoms with Gasteiger partial charge in [-0.25, -0.2) is 0 Å². The highest BCUT2D eigenvalue weighted by Gasteiger charge is 2.20. The summed E-state index contributed by atoms with van der Waals surface area (Å²) in [7, 11) is 0. The van der Waals surface area contributed by atoms with E-state index in [9.17, 15) is 19.8 Å². The van der Waals surface area contributed by atoms with Gasteiger partial charge in [-0.15, -0.1) is 0 Å². The topological polar surface area (TPSA) is 95.9 Å². The number of carbonyl (C=O) groups is 2. The molecular weight excluding hydrogens is 755 g/mol. The van der Waals surface area contributed by atoms with Crippen LogP contribution in [0.5, 0.6) is 0 Å². The van der Waals surface area contributed by atoms with Gasteiger partial charge >= 0.3 is 5.97 Å². The van der Waals surface area contributed by atoms with Gasteiger partial charge < -0.3 is 20.3 Å². The van der Waals surface area contributed by atoms with Crippen molar-refractivity contribution in [2.24, 2.45) is 0 Å². The predicted octanol–water partition coefficient (Wildman–Crippen LogP) is 16.5. The molecule has 0 radical (unpaired) electrons. The fourth-order valence-corrected chi connectivity index (χ4v) is 8.58. The Morgan fingerprint density at radius 1 is 0.443 bits per heavy atom. The molecule has 0 aromatic rings. The maximum atomic E-state index is 12.5.